The number of nitrogens with one attached hydrogen (secondary N) is 1. The molecule has 1 saturated carbocycles. The third-order valence-corrected chi connectivity index (χ3v) is 10.9. The predicted octanol–water partition coefficient (Wildman–Crippen LogP) is 6.99. The first-order valence-corrected chi connectivity index (χ1v) is 17.6. The van der Waals surface area contributed by atoms with Gasteiger partial charge in [-0.2, -0.15) is 0 Å². The number of hydrogen-bond acceptors (Lipinski definition) is 4. The van der Waals surface area contributed by atoms with Gasteiger partial charge < -0.3 is 10.2 Å². The van der Waals surface area contributed by atoms with Gasteiger partial charge in [0.2, 0.25) is 11.8 Å². The van der Waals surface area contributed by atoms with Gasteiger partial charge in [-0.05, 0) is 68.1 Å². The Labute approximate surface area is 281 Å². The first-order chi connectivity index (χ1) is 22.5. The van der Waals surface area contributed by atoms with Crippen molar-refractivity contribution in [2.75, 3.05) is 10.8 Å². The summed E-state index contributed by atoms with van der Waals surface area (Å²) in [5, 5.41) is 3.46. The zero-order valence-corrected chi connectivity index (χ0v) is 28.1. The average molecular weight is 676 g/mol. The van der Waals surface area contributed by atoms with E-state index in [1.54, 1.807) is 55.5 Å². The first-order valence-electron chi connectivity index (χ1n) is 15.8. The summed E-state index contributed by atoms with van der Waals surface area (Å²) in [4.78, 5) is 30.0. The van der Waals surface area contributed by atoms with Crippen LogP contribution in [0.2, 0.25) is 5.02 Å². The molecular formula is C37H39ClFN3O4S. The molecule has 0 aromatic heterocycles. The molecule has 5 rings (SSSR count). The van der Waals surface area contributed by atoms with Gasteiger partial charge in [0, 0.05) is 29.6 Å². The second kappa shape index (κ2) is 15.1. The Morgan fingerprint density at radius 2 is 1.55 bits per heavy atom. The molecule has 0 saturated heterocycles. The Balaban J connectivity index is 1.60. The Hall–Kier alpha value is -4.21. The van der Waals surface area contributed by atoms with Crippen molar-refractivity contribution in [2.45, 2.75) is 69.5 Å². The van der Waals surface area contributed by atoms with E-state index in [2.05, 4.69) is 5.32 Å². The molecule has 4 aromatic rings. The van der Waals surface area contributed by atoms with E-state index >= 15 is 4.39 Å². The van der Waals surface area contributed by atoms with Crippen molar-refractivity contribution in [3.05, 3.63) is 130 Å². The summed E-state index contributed by atoms with van der Waals surface area (Å²) in [5.41, 5.74) is 2.59. The lowest BCUT2D eigenvalue weighted by Crippen LogP contribution is -2.54. The van der Waals surface area contributed by atoms with Crippen molar-refractivity contribution >= 4 is 39.1 Å². The van der Waals surface area contributed by atoms with Crippen LogP contribution in [0.5, 0.6) is 0 Å². The number of amides is 2. The van der Waals surface area contributed by atoms with Crippen LogP contribution in [0.4, 0.5) is 10.1 Å². The molecule has 1 N–H and O–H groups in total. The third-order valence-electron chi connectivity index (χ3n) is 8.67. The minimum Gasteiger partial charge on any atom is -0.352 e. The van der Waals surface area contributed by atoms with E-state index in [1.165, 1.54) is 23.1 Å². The van der Waals surface area contributed by atoms with Crippen molar-refractivity contribution < 1.29 is 22.4 Å². The van der Waals surface area contributed by atoms with Gasteiger partial charge in [-0.1, -0.05) is 96.7 Å². The van der Waals surface area contributed by atoms with E-state index in [0.717, 1.165) is 41.1 Å². The number of anilines is 1. The quantitative estimate of drug-likeness (QED) is 0.175. The molecule has 0 bridgehead atoms. The second-order valence-electron chi connectivity index (χ2n) is 12.0. The van der Waals surface area contributed by atoms with Crippen LogP contribution in [0.15, 0.2) is 102 Å². The van der Waals surface area contributed by atoms with E-state index in [4.69, 9.17) is 11.6 Å². The minimum absolute atomic E-state index is 0.00394. The van der Waals surface area contributed by atoms with Gasteiger partial charge in [0.1, 0.15) is 18.4 Å². The first kappa shape index (κ1) is 34.1. The fourth-order valence-corrected chi connectivity index (χ4v) is 7.59. The van der Waals surface area contributed by atoms with Gasteiger partial charge in [0.15, 0.2) is 0 Å². The Bertz CT molecular complexity index is 1810. The lowest BCUT2D eigenvalue weighted by atomic mass is 10.0. The largest absolute Gasteiger partial charge is 0.352 e. The molecule has 246 valence electrons. The highest BCUT2D eigenvalue weighted by molar-refractivity contribution is 7.92. The summed E-state index contributed by atoms with van der Waals surface area (Å²) < 4.78 is 44.7. The number of sulfonamides is 1. The maximum absolute atomic E-state index is 15.1. The number of aryl methyl sites for hydroxylation is 1. The lowest BCUT2D eigenvalue weighted by molar-refractivity contribution is -0.140. The number of carbonyl (C=O) groups is 2. The van der Waals surface area contributed by atoms with Crippen LogP contribution in [0.25, 0.3) is 0 Å². The molecule has 1 aliphatic rings. The number of rotatable bonds is 12. The summed E-state index contributed by atoms with van der Waals surface area (Å²) in [5.74, 6) is -1.56. The highest BCUT2D eigenvalue weighted by Gasteiger charge is 2.36. The van der Waals surface area contributed by atoms with Crippen LogP contribution in [0, 0.1) is 19.7 Å². The summed E-state index contributed by atoms with van der Waals surface area (Å²) in [6.07, 6.45) is 3.82. The maximum atomic E-state index is 15.1. The fraction of sp³-hybridized carbons (Fsp3) is 0.297. The van der Waals surface area contributed by atoms with Crippen LogP contribution >= 0.6 is 11.6 Å². The fourth-order valence-electron chi connectivity index (χ4n) is 5.95. The van der Waals surface area contributed by atoms with Crippen molar-refractivity contribution in [1.29, 1.82) is 0 Å². The molecule has 0 spiro atoms. The average Bonchev–Trinajstić information content (AvgIpc) is 3.57. The monoisotopic (exact) mass is 675 g/mol. The minimum atomic E-state index is -4.29. The van der Waals surface area contributed by atoms with E-state index in [-0.39, 0.29) is 41.1 Å². The Morgan fingerprint density at radius 3 is 2.23 bits per heavy atom. The molecule has 0 radical (unpaired) electrons. The summed E-state index contributed by atoms with van der Waals surface area (Å²) in [6.45, 7) is 2.65. The summed E-state index contributed by atoms with van der Waals surface area (Å²) in [7, 11) is -4.29. The molecule has 47 heavy (non-hydrogen) atoms. The molecule has 10 heteroatoms. The van der Waals surface area contributed by atoms with Crippen molar-refractivity contribution in [2.24, 2.45) is 0 Å². The molecule has 4 aromatic carbocycles. The zero-order chi connectivity index (χ0) is 33.6. The van der Waals surface area contributed by atoms with Crippen LogP contribution in [-0.4, -0.2) is 43.8 Å². The number of benzene rings is 4. The number of carbonyl (C=O) groups excluding carboxylic acids is 2. The normalized spacial score (nSPS) is 14.0. The number of nitrogens with zero attached hydrogens (tertiary/aromatic N) is 2. The van der Waals surface area contributed by atoms with Gasteiger partial charge in [-0.15, -0.1) is 0 Å². The van der Waals surface area contributed by atoms with Gasteiger partial charge >= 0.3 is 0 Å². The molecule has 0 aliphatic heterocycles. The van der Waals surface area contributed by atoms with E-state index in [0.29, 0.717) is 10.6 Å². The standard InChI is InChI=1S/C37H39ClFN3O4S/c1-26-19-21-31(22-20-26)47(45,46)42(34-18-10-16-32(38)27(34)2)25-36(43)41(24-29-13-6-9-17-33(29)39)35(23-28-11-4-3-5-12-28)37(44)40-30-14-7-8-15-30/h3-6,9-13,16-22,30,35H,7-8,14-15,23-25H2,1-2H3,(H,40,44)/t35-/m0/s1. The molecule has 1 fully saturated rings. The van der Waals surface area contributed by atoms with Crippen LogP contribution in [0.1, 0.15) is 47.9 Å². The lowest BCUT2D eigenvalue weighted by Gasteiger charge is -2.34. The van der Waals surface area contributed by atoms with E-state index in [1.807, 2.05) is 37.3 Å². The SMILES string of the molecule is Cc1ccc(S(=O)(=O)N(CC(=O)N(Cc2ccccc2F)[C@@H](Cc2ccccc2)C(=O)NC2CCCC2)c2cccc(Cl)c2C)cc1. The predicted molar refractivity (Wildman–Crippen MR) is 183 cm³/mol. The van der Waals surface area contributed by atoms with Gasteiger partial charge in [0.25, 0.3) is 10.0 Å². The molecule has 7 nitrogen and oxygen atoms in total. The van der Waals surface area contributed by atoms with E-state index < -0.39 is 34.3 Å². The smallest absolute Gasteiger partial charge is 0.264 e. The molecule has 0 unspecified atom stereocenters. The Morgan fingerprint density at radius 1 is 0.894 bits per heavy atom. The van der Waals surface area contributed by atoms with Crippen LogP contribution in [0.3, 0.4) is 0 Å². The van der Waals surface area contributed by atoms with Gasteiger partial charge in [0.05, 0.1) is 10.6 Å². The maximum Gasteiger partial charge on any atom is 0.264 e. The molecular weight excluding hydrogens is 637 g/mol. The van der Waals surface area contributed by atoms with Crippen molar-refractivity contribution in [3.8, 4) is 0 Å². The highest BCUT2D eigenvalue weighted by atomic mass is 35.5. The molecule has 1 atom stereocenters. The van der Waals surface area contributed by atoms with Gasteiger partial charge in [-0.3, -0.25) is 13.9 Å². The molecule has 1 aliphatic carbocycles. The van der Waals surface area contributed by atoms with Crippen LogP contribution < -0.4 is 9.62 Å². The van der Waals surface area contributed by atoms with Crippen LogP contribution in [-0.2, 0) is 32.6 Å². The van der Waals surface area contributed by atoms with Crippen molar-refractivity contribution in [3.63, 3.8) is 0 Å². The summed E-state index contributed by atoms with van der Waals surface area (Å²) in [6, 6.07) is 25.5. The number of halogens is 2. The van der Waals surface area contributed by atoms with Gasteiger partial charge in [-0.25, -0.2) is 12.8 Å². The molecule has 2 amide bonds. The second-order valence-corrected chi connectivity index (χ2v) is 14.3. The number of hydrogen-bond donors (Lipinski definition) is 1. The summed E-state index contributed by atoms with van der Waals surface area (Å²) >= 11 is 6.45. The Kier molecular flexibility index (Phi) is 11.0. The topological polar surface area (TPSA) is 86.8 Å². The third kappa shape index (κ3) is 8.21. The zero-order valence-electron chi connectivity index (χ0n) is 26.5. The van der Waals surface area contributed by atoms with E-state index in [9.17, 15) is 18.0 Å². The van der Waals surface area contributed by atoms with Crippen molar-refractivity contribution in [1.82, 2.24) is 10.2 Å². The highest BCUT2D eigenvalue weighted by Crippen LogP contribution is 2.32. The molecule has 0 heterocycles.